The topological polar surface area (TPSA) is 72.2 Å². The van der Waals surface area contributed by atoms with Crippen molar-refractivity contribution in [3.05, 3.63) is 109 Å². The van der Waals surface area contributed by atoms with E-state index in [0.717, 1.165) is 0 Å². The Morgan fingerprint density at radius 2 is 0.550 bits per heavy atom. The zero-order valence-corrected chi connectivity index (χ0v) is 22.5. The molecule has 0 unspecified atom stereocenters. The Balaban J connectivity index is 1.17. The molecule has 40 heavy (non-hydrogen) atoms. The summed E-state index contributed by atoms with van der Waals surface area (Å²) in [6.45, 7) is -0.0432. The molecule has 0 aromatic heterocycles. The maximum atomic E-state index is 3.91. The van der Waals surface area contributed by atoms with Crippen molar-refractivity contribution in [3.63, 3.8) is 0 Å². The van der Waals surface area contributed by atoms with Gasteiger partial charge < -0.3 is 31.4 Å². The minimum absolute atomic E-state index is 0.0144. The first-order valence-corrected chi connectivity index (χ1v) is 15.3. The van der Waals surface area contributed by atoms with Crippen molar-refractivity contribution in [3.8, 4) is 0 Å². The van der Waals surface area contributed by atoms with Crippen molar-refractivity contribution >= 4 is 94.1 Å². The van der Waals surface area contributed by atoms with E-state index in [1.165, 1.54) is 66.4 Å². The molecule has 0 bridgehead atoms. The van der Waals surface area contributed by atoms with Gasteiger partial charge in [0.15, 0.2) is 0 Å². The van der Waals surface area contributed by atoms with Crippen LogP contribution in [0.4, 0.5) is 34.1 Å². The highest BCUT2D eigenvalue weighted by Crippen LogP contribution is 2.52. The normalized spacial score (nSPS) is 14.8. The third-order valence-corrected chi connectivity index (χ3v) is 10.9. The second-order valence-electron chi connectivity index (χ2n) is 10.6. The van der Waals surface area contributed by atoms with Gasteiger partial charge in [-0.25, -0.2) is 0 Å². The lowest BCUT2D eigenvalue weighted by Crippen LogP contribution is -2.54. The summed E-state index contributed by atoms with van der Waals surface area (Å²) < 4.78 is 0. The molecule has 6 aromatic rings. The molecule has 0 amide bonds. The maximum Gasteiger partial charge on any atom is 0.389 e. The van der Waals surface area contributed by atoms with Crippen molar-refractivity contribution in [1.82, 2.24) is 0 Å². The number of anilines is 6. The highest BCUT2D eigenvalue weighted by molar-refractivity contribution is 8.31. The molecule has 9 rings (SSSR count). The van der Waals surface area contributed by atoms with Gasteiger partial charge in [0.25, 0.3) is 0 Å². The van der Waals surface area contributed by atoms with Crippen LogP contribution in [0.5, 0.6) is 0 Å². The van der Waals surface area contributed by atoms with Crippen LogP contribution in [0.2, 0.25) is 0 Å². The molecule has 6 N–H and O–H groups in total. The van der Waals surface area contributed by atoms with Gasteiger partial charge in [-0.15, -0.1) is 0 Å². The summed E-state index contributed by atoms with van der Waals surface area (Å²) in [5.41, 5.74) is 7.01. The van der Waals surface area contributed by atoms with Crippen LogP contribution in [0, 0.1) is 0 Å². The first kappa shape index (κ1) is 22.4. The molecule has 188 valence electrons. The predicted octanol–water partition coefficient (Wildman–Crippen LogP) is 7.50. The Morgan fingerprint density at radius 1 is 0.325 bits per heavy atom. The van der Waals surface area contributed by atoms with Crippen LogP contribution < -0.4 is 31.4 Å². The van der Waals surface area contributed by atoms with Gasteiger partial charge >= 0.3 is 20.1 Å². The van der Waals surface area contributed by atoms with Gasteiger partial charge in [0.2, 0.25) is 0 Å². The molecule has 0 aliphatic carbocycles. The van der Waals surface area contributed by atoms with Crippen LogP contribution in [0.1, 0.15) is 0 Å². The number of rotatable bonds is 3. The standard InChI is InChI=1S/C30H24B3N6P/c1-7-19-8-2-14-23-28(19)22(13-1)34-31(35-23)40(32-36-24-15-3-9-20-10-4-16-25(37-32)29(20)24)33-38-26-17-5-11-21-12-6-18-27(39-33)30(21)26/h1-18,34-39H. The molecule has 10 heteroatoms. The minimum atomic E-state index is -0.904. The van der Waals surface area contributed by atoms with E-state index in [9.17, 15) is 0 Å². The molecular weight excluding hydrogens is 508 g/mol. The molecule has 0 radical (unpaired) electrons. The maximum absolute atomic E-state index is 3.91. The Labute approximate surface area is 234 Å². The van der Waals surface area contributed by atoms with E-state index in [1.54, 1.807) is 0 Å². The van der Waals surface area contributed by atoms with Gasteiger partial charge in [-0.1, -0.05) is 80.4 Å². The smallest absolute Gasteiger partial charge is 0.389 e. The van der Waals surface area contributed by atoms with Crippen LogP contribution in [0.25, 0.3) is 32.3 Å². The summed E-state index contributed by atoms with van der Waals surface area (Å²) in [5.74, 6) is 0. The second-order valence-corrected chi connectivity index (χ2v) is 13.1. The predicted molar refractivity (Wildman–Crippen MR) is 178 cm³/mol. The monoisotopic (exact) mass is 532 g/mol. The van der Waals surface area contributed by atoms with E-state index in [1.807, 2.05) is 0 Å². The van der Waals surface area contributed by atoms with E-state index in [-0.39, 0.29) is 20.1 Å². The van der Waals surface area contributed by atoms with Gasteiger partial charge in [-0.2, -0.15) is 0 Å². The van der Waals surface area contributed by atoms with Crippen molar-refractivity contribution in [2.24, 2.45) is 0 Å². The van der Waals surface area contributed by atoms with Crippen LogP contribution in [-0.2, 0) is 0 Å². The van der Waals surface area contributed by atoms with Crippen LogP contribution in [-0.4, -0.2) is 20.1 Å². The van der Waals surface area contributed by atoms with Crippen LogP contribution in [0.15, 0.2) is 109 Å². The van der Waals surface area contributed by atoms with Crippen LogP contribution in [0.3, 0.4) is 0 Å². The van der Waals surface area contributed by atoms with Crippen molar-refractivity contribution < 1.29 is 0 Å². The fourth-order valence-electron chi connectivity index (χ4n) is 6.63. The fourth-order valence-corrected chi connectivity index (χ4v) is 9.25. The van der Waals surface area contributed by atoms with Crippen LogP contribution >= 0.6 is 7.56 Å². The van der Waals surface area contributed by atoms with E-state index >= 15 is 0 Å². The van der Waals surface area contributed by atoms with E-state index in [4.69, 9.17) is 0 Å². The second kappa shape index (κ2) is 8.51. The van der Waals surface area contributed by atoms with Crippen molar-refractivity contribution in [2.75, 3.05) is 31.4 Å². The number of hydrogen-bond acceptors (Lipinski definition) is 6. The lowest BCUT2D eigenvalue weighted by atomic mass is 9.93. The number of benzene rings is 6. The zero-order chi connectivity index (χ0) is 26.2. The molecule has 6 nitrogen and oxygen atoms in total. The fraction of sp³-hybridized carbons (Fsp3) is 0. The molecule has 3 aliphatic heterocycles. The third kappa shape index (κ3) is 3.31. The highest BCUT2D eigenvalue weighted by atomic mass is 31.1. The first-order valence-electron chi connectivity index (χ1n) is 13.7. The van der Waals surface area contributed by atoms with E-state index < -0.39 is 7.56 Å². The summed E-state index contributed by atoms with van der Waals surface area (Å²) >= 11 is 0. The summed E-state index contributed by atoms with van der Waals surface area (Å²) in [6.07, 6.45) is 0. The Kier molecular flexibility index (Phi) is 4.76. The van der Waals surface area contributed by atoms with Crippen molar-refractivity contribution in [1.29, 1.82) is 0 Å². The van der Waals surface area contributed by atoms with Crippen molar-refractivity contribution in [2.45, 2.75) is 0 Å². The molecule has 0 saturated heterocycles. The summed E-state index contributed by atoms with van der Waals surface area (Å²) in [7, 11) is -0.904. The largest absolute Gasteiger partial charge is 0.406 e. The first-order chi connectivity index (χ1) is 19.8. The molecule has 3 aliphatic rings. The average Bonchev–Trinajstić information content (AvgIpc) is 2.98. The zero-order valence-electron chi connectivity index (χ0n) is 21.6. The minimum Gasteiger partial charge on any atom is -0.406 e. The SMILES string of the molecule is c1cc2c3c(cccc3c1)NB(P(B1Nc3cccc4cccc(c34)N1)B1Nc3cccc4cccc(c34)N1)N2. The molecule has 6 aromatic carbocycles. The van der Waals surface area contributed by atoms with Gasteiger partial charge in [-0.05, 0) is 52.6 Å². The quantitative estimate of drug-likeness (QED) is 0.105. The molecular formula is C30H24B3N6P. The molecule has 0 atom stereocenters. The molecule has 0 spiro atoms. The highest BCUT2D eigenvalue weighted by Gasteiger charge is 2.49. The Morgan fingerprint density at radius 3 is 0.775 bits per heavy atom. The summed E-state index contributed by atoms with van der Waals surface area (Å²) in [6, 6.07) is 39.1. The average molecular weight is 532 g/mol. The summed E-state index contributed by atoms with van der Waals surface area (Å²) in [4.78, 5) is 0. The van der Waals surface area contributed by atoms with Gasteiger partial charge in [0.1, 0.15) is 0 Å². The molecule has 3 heterocycles. The Hall–Kier alpha value is -4.48. The van der Waals surface area contributed by atoms with Gasteiger partial charge in [0, 0.05) is 50.3 Å². The van der Waals surface area contributed by atoms with Gasteiger partial charge in [-0.3, -0.25) is 0 Å². The third-order valence-electron chi connectivity index (χ3n) is 8.36. The summed E-state index contributed by atoms with van der Waals surface area (Å²) in [5, 5.41) is 30.9. The van der Waals surface area contributed by atoms with Gasteiger partial charge in [0.05, 0.1) is 0 Å². The van der Waals surface area contributed by atoms with E-state index in [2.05, 4.69) is 141 Å². The molecule has 0 saturated carbocycles. The van der Waals surface area contributed by atoms with E-state index in [0.29, 0.717) is 0 Å². The lowest BCUT2D eigenvalue weighted by molar-refractivity contribution is 1.62. The molecule has 0 fully saturated rings. The Bertz CT molecular complexity index is 1640. The number of hydrogen-bond donors (Lipinski definition) is 6. The number of nitrogens with one attached hydrogen (secondary N) is 6. The lowest BCUT2D eigenvalue weighted by Gasteiger charge is -2.41.